The van der Waals surface area contributed by atoms with Gasteiger partial charge in [0.05, 0.1) is 10.7 Å². The van der Waals surface area contributed by atoms with Gasteiger partial charge in [0.2, 0.25) is 5.91 Å². The molecule has 2 rings (SSSR count). The Bertz CT molecular complexity index is 529. The molecule has 1 aromatic rings. The lowest BCUT2D eigenvalue weighted by molar-refractivity contribution is -0.127. The van der Waals surface area contributed by atoms with Crippen LogP contribution < -0.4 is 5.43 Å². The number of hydrazone groups is 1. The second-order valence-corrected chi connectivity index (χ2v) is 6.22. The summed E-state index contributed by atoms with van der Waals surface area (Å²) in [6.07, 6.45) is 2.85. The van der Waals surface area contributed by atoms with E-state index < -0.39 is 0 Å². The van der Waals surface area contributed by atoms with Crippen LogP contribution in [0.15, 0.2) is 26.2 Å². The van der Waals surface area contributed by atoms with Crippen LogP contribution in [0.1, 0.15) is 18.4 Å². The fourth-order valence-electron chi connectivity index (χ4n) is 1.90. The Kier molecular flexibility index (Phi) is 5.56. The van der Waals surface area contributed by atoms with Crippen molar-refractivity contribution in [1.29, 1.82) is 0 Å². The first-order valence-electron chi connectivity index (χ1n) is 6.16. The third-order valence-electron chi connectivity index (χ3n) is 3.03. The van der Waals surface area contributed by atoms with Crippen molar-refractivity contribution in [3.8, 4) is 5.75 Å². The molecule has 0 aromatic heterocycles. The van der Waals surface area contributed by atoms with E-state index in [1.54, 1.807) is 12.1 Å². The molecule has 0 atom stereocenters. The van der Waals surface area contributed by atoms with Gasteiger partial charge in [0.15, 0.2) is 0 Å². The van der Waals surface area contributed by atoms with Gasteiger partial charge in [0.25, 0.3) is 0 Å². The second kappa shape index (κ2) is 7.19. The Labute approximate surface area is 133 Å². The van der Waals surface area contributed by atoms with Gasteiger partial charge < -0.3 is 9.84 Å². The summed E-state index contributed by atoms with van der Waals surface area (Å²) in [7, 11) is 0. The van der Waals surface area contributed by atoms with Gasteiger partial charge in [-0.3, -0.25) is 4.79 Å². The first-order chi connectivity index (χ1) is 9.58. The highest BCUT2D eigenvalue weighted by molar-refractivity contribution is 9.11. The fourth-order valence-corrected chi connectivity index (χ4v) is 3.16. The lowest BCUT2D eigenvalue weighted by Gasteiger charge is -2.19. The molecule has 1 aliphatic heterocycles. The van der Waals surface area contributed by atoms with Crippen molar-refractivity contribution >= 4 is 44.0 Å². The van der Waals surface area contributed by atoms with E-state index in [-0.39, 0.29) is 17.6 Å². The second-order valence-electron chi connectivity index (χ2n) is 4.45. The topological polar surface area (TPSA) is 70.9 Å². The number of phenols is 1. The number of carbonyl (C=O) groups excluding carboxylic acids is 1. The van der Waals surface area contributed by atoms with E-state index in [9.17, 15) is 9.90 Å². The molecule has 0 aliphatic carbocycles. The van der Waals surface area contributed by atoms with Gasteiger partial charge in [-0.05, 0) is 40.9 Å². The minimum Gasteiger partial charge on any atom is -0.506 e. The smallest absolute Gasteiger partial charge is 0.243 e. The molecule has 20 heavy (non-hydrogen) atoms. The van der Waals surface area contributed by atoms with E-state index in [0.29, 0.717) is 23.2 Å². The minimum atomic E-state index is -0.113. The monoisotopic (exact) mass is 404 g/mol. The normalized spacial score (nSPS) is 16.5. The molecule has 1 aliphatic rings. The average molecular weight is 406 g/mol. The van der Waals surface area contributed by atoms with Gasteiger partial charge in [0, 0.05) is 29.2 Å². The summed E-state index contributed by atoms with van der Waals surface area (Å²) in [5, 5.41) is 13.7. The highest BCUT2D eigenvalue weighted by Gasteiger charge is 2.20. The maximum Gasteiger partial charge on any atom is 0.243 e. The predicted molar refractivity (Wildman–Crippen MR) is 82.8 cm³/mol. The number of benzene rings is 1. The number of amides is 1. The van der Waals surface area contributed by atoms with Crippen LogP contribution in [0.5, 0.6) is 5.75 Å². The molecule has 2 N–H and O–H groups in total. The Hall–Kier alpha value is -0.920. The number of nitrogens with zero attached hydrogens (tertiary/aromatic N) is 1. The van der Waals surface area contributed by atoms with Crippen LogP contribution in [0, 0.1) is 5.92 Å². The summed E-state index contributed by atoms with van der Waals surface area (Å²) in [5.41, 5.74) is 3.01. The number of carbonyl (C=O) groups is 1. The van der Waals surface area contributed by atoms with Gasteiger partial charge in [-0.2, -0.15) is 5.10 Å². The van der Waals surface area contributed by atoms with E-state index >= 15 is 0 Å². The minimum absolute atomic E-state index is 0.0521. The number of rotatable bonds is 3. The van der Waals surface area contributed by atoms with Gasteiger partial charge in [0.1, 0.15) is 5.75 Å². The molecule has 1 saturated heterocycles. The summed E-state index contributed by atoms with van der Waals surface area (Å²) in [4.78, 5) is 11.8. The van der Waals surface area contributed by atoms with Gasteiger partial charge >= 0.3 is 0 Å². The van der Waals surface area contributed by atoms with E-state index in [0.717, 1.165) is 17.3 Å². The van der Waals surface area contributed by atoms with Gasteiger partial charge in [-0.25, -0.2) is 5.43 Å². The maximum atomic E-state index is 11.8. The number of ether oxygens (including phenoxy) is 1. The Balaban J connectivity index is 1.98. The van der Waals surface area contributed by atoms with Crippen molar-refractivity contribution in [2.24, 2.45) is 11.0 Å². The van der Waals surface area contributed by atoms with Crippen LogP contribution in [-0.2, 0) is 9.53 Å². The van der Waals surface area contributed by atoms with Crippen molar-refractivity contribution in [3.05, 3.63) is 26.6 Å². The van der Waals surface area contributed by atoms with E-state index in [4.69, 9.17) is 4.74 Å². The Morgan fingerprint density at radius 1 is 1.40 bits per heavy atom. The maximum absolute atomic E-state index is 11.8. The lowest BCUT2D eigenvalue weighted by atomic mass is 10.00. The third kappa shape index (κ3) is 4.04. The summed E-state index contributed by atoms with van der Waals surface area (Å²) in [6, 6.07) is 3.44. The number of halogens is 2. The summed E-state index contributed by atoms with van der Waals surface area (Å²) in [6.45, 7) is 1.22. The van der Waals surface area contributed by atoms with Crippen molar-refractivity contribution in [2.45, 2.75) is 12.8 Å². The van der Waals surface area contributed by atoms with Crippen LogP contribution in [0.25, 0.3) is 0 Å². The van der Waals surface area contributed by atoms with Crippen LogP contribution in [0.2, 0.25) is 0 Å². The molecule has 1 amide bonds. The van der Waals surface area contributed by atoms with Crippen LogP contribution >= 0.6 is 31.9 Å². The molecule has 0 radical (unpaired) electrons. The molecular formula is C13H14Br2N2O3. The quantitative estimate of drug-likeness (QED) is 0.600. The zero-order chi connectivity index (χ0) is 14.5. The van der Waals surface area contributed by atoms with Crippen LogP contribution in [0.3, 0.4) is 0 Å². The summed E-state index contributed by atoms with van der Waals surface area (Å²) >= 11 is 6.56. The van der Waals surface area contributed by atoms with E-state index in [1.807, 2.05) is 0 Å². The standard InChI is InChI=1S/C13H14Br2N2O3/c14-10-5-9(12(18)11(15)6-10)7-16-17-13(19)8-1-3-20-4-2-8/h5-8,18H,1-4H2,(H,17,19). The number of aromatic hydroxyl groups is 1. The number of phenolic OH excluding ortho intramolecular Hbond substituents is 1. The molecule has 1 heterocycles. The lowest BCUT2D eigenvalue weighted by Crippen LogP contribution is -2.31. The molecule has 5 nitrogen and oxygen atoms in total. The highest BCUT2D eigenvalue weighted by Crippen LogP contribution is 2.30. The fraction of sp³-hybridized carbons (Fsp3) is 0.385. The van der Waals surface area contributed by atoms with Crippen LogP contribution in [0.4, 0.5) is 0 Å². The molecular weight excluding hydrogens is 392 g/mol. The van der Waals surface area contributed by atoms with Crippen molar-refractivity contribution < 1.29 is 14.6 Å². The molecule has 0 bridgehead atoms. The van der Waals surface area contributed by atoms with Gasteiger partial charge in [-0.1, -0.05) is 15.9 Å². The largest absolute Gasteiger partial charge is 0.506 e. The molecule has 108 valence electrons. The Morgan fingerprint density at radius 2 is 2.10 bits per heavy atom. The van der Waals surface area contributed by atoms with E-state index in [2.05, 4.69) is 42.4 Å². The molecule has 7 heteroatoms. The summed E-state index contributed by atoms with van der Waals surface area (Å²) < 4.78 is 6.57. The zero-order valence-electron chi connectivity index (χ0n) is 10.6. The van der Waals surface area contributed by atoms with Crippen molar-refractivity contribution in [3.63, 3.8) is 0 Å². The molecule has 0 unspecified atom stereocenters. The van der Waals surface area contributed by atoms with Gasteiger partial charge in [-0.15, -0.1) is 0 Å². The Morgan fingerprint density at radius 3 is 2.80 bits per heavy atom. The molecule has 1 aromatic carbocycles. The molecule has 1 fully saturated rings. The first-order valence-corrected chi connectivity index (χ1v) is 7.75. The number of hydrogen-bond acceptors (Lipinski definition) is 4. The zero-order valence-corrected chi connectivity index (χ0v) is 13.8. The van der Waals surface area contributed by atoms with Crippen molar-refractivity contribution in [2.75, 3.05) is 13.2 Å². The number of hydrogen-bond donors (Lipinski definition) is 2. The highest BCUT2D eigenvalue weighted by atomic mass is 79.9. The molecule has 0 spiro atoms. The SMILES string of the molecule is O=C(NN=Cc1cc(Br)cc(Br)c1O)C1CCOCC1. The van der Waals surface area contributed by atoms with Crippen molar-refractivity contribution in [1.82, 2.24) is 5.43 Å². The first kappa shape index (κ1) is 15.5. The third-order valence-corrected chi connectivity index (χ3v) is 4.09. The van der Waals surface area contributed by atoms with Crippen LogP contribution in [-0.4, -0.2) is 30.4 Å². The predicted octanol–water partition coefficient (Wildman–Crippen LogP) is 2.79. The molecule has 0 saturated carbocycles. The average Bonchev–Trinajstić information content (AvgIpc) is 2.44. The van der Waals surface area contributed by atoms with E-state index in [1.165, 1.54) is 6.21 Å². The summed E-state index contributed by atoms with van der Waals surface area (Å²) in [5.74, 6) is -0.0842. The number of nitrogens with one attached hydrogen (secondary N) is 1.